The summed E-state index contributed by atoms with van der Waals surface area (Å²) >= 11 is 1.88. The van der Waals surface area contributed by atoms with Crippen molar-refractivity contribution in [2.24, 2.45) is 5.92 Å². The third-order valence-corrected chi connectivity index (χ3v) is 4.73. The van der Waals surface area contributed by atoms with Crippen LogP contribution in [0.3, 0.4) is 0 Å². The highest BCUT2D eigenvalue weighted by molar-refractivity contribution is 8.03. The van der Waals surface area contributed by atoms with E-state index in [1.54, 1.807) is 12.1 Å². The normalized spacial score (nSPS) is 31.4. The fourth-order valence-electron chi connectivity index (χ4n) is 2.66. The van der Waals surface area contributed by atoms with Gasteiger partial charge in [0, 0.05) is 24.3 Å². The summed E-state index contributed by atoms with van der Waals surface area (Å²) in [5, 5.41) is 25.1. The summed E-state index contributed by atoms with van der Waals surface area (Å²) in [6.45, 7) is 1.97. The Morgan fingerprint density at radius 2 is 2.06 bits per heavy atom. The van der Waals surface area contributed by atoms with Gasteiger partial charge in [-0.1, -0.05) is 12.1 Å². The lowest BCUT2D eigenvalue weighted by Crippen LogP contribution is -2.41. The van der Waals surface area contributed by atoms with E-state index in [1.807, 2.05) is 17.8 Å². The second-order valence-corrected chi connectivity index (χ2v) is 5.74. The largest absolute Gasteiger partial charge is 0.504 e. The smallest absolute Gasteiger partial charge is 0.157 e. The highest BCUT2D eigenvalue weighted by Crippen LogP contribution is 2.42. The lowest BCUT2D eigenvalue weighted by molar-refractivity contribution is 0.385. The first-order chi connectivity index (χ1) is 8.25. The molecular formula is C13H15NO2S. The van der Waals surface area contributed by atoms with Gasteiger partial charge in [-0.25, -0.2) is 0 Å². The van der Waals surface area contributed by atoms with Crippen molar-refractivity contribution in [1.82, 2.24) is 5.32 Å². The highest BCUT2D eigenvalue weighted by Gasteiger charge is 2.35. The number of piperidine rings is 1. The Kier molecular flexibility index (Phi) is 2.76. The minimum Gasteiger partial charge on any atom is -0.504 e. The maximum atomic E-state index is 9.58. The minimum absolute atomic E-state index is 0.0285. The quantitative estimate of drug-likeness (QED) is 0.667. The van der Waals surface area contributed by atoms with Crippen LogP contribution in [-0.4, -0.2) is 28.6 Å². The molecule has 4 heteroatoms. The molecule has 0 spiro atoms. The number of hydrogen-bond donors (Lipinski definition) is 3. The van der Waals surface area contributed by atoms with Crippen molar-refractivity contribution in [2.75, 3.05) is 13.1 Å². The van der Waals surface area contributed by atoms with Crippen LogP contribution in [-0.2, 0) is 0 Å². The lowest BCUT2D eigenvalue weighted by atomic mass is 9.81. The molecule has 1 aromatic carbocycles. The molecule has 0 amide bonds. The van der Waals surface area contributed by atoms with Crippen molar-refractivity contribution >= 4 is 11.8 Å². The lowest BCUT2D eigenvalue weighted by Gasteiger charge is -2.33. The zero-order valence-corrected chi connectivity index (χ0v) is 10.2. The van der Waals surface area contributed by atoms with Gasteiger partial charge in [0.1, 0.15) is 0 Å². The summed E-state index contributed by atoms with van der Waals surface area (Å²) in [5.74, 6) is 0.835. The maximum Gasteiger partial charge on any atom is 0.157 e. The Labute approximate surface area is 105 Å². The molecule has 3 rings (SSSR count). The molecule has 0 aliphatic carbocycles. The molecule has 3 N–H and O–H groups in total. The molecule has 1 fully saturated rings. The molecule has 2 unspecified atom stereocenters. The number of aromatic hydroxyl groups is 2. The Bertz CT molecular complexity index is 461. The molecule has 17 heavy (non-hydrogen) atoms. The molecule has 0 bridgehead atoms. The average Bonchev–Trinajstić information content (AvgIpc) is 2.80. The number of fused-ring (bicyclic) bond motifs is 1. The van der Waals surface area contributed by atoms with Crippen molar-refractivity contribution in [3.8, 4) is 11.5 Å². The zero-order valence-electron chi connectivity index (χ0n) is 9.34. The Morgan fingerprint density at radius 3 is 2.88 bits per heavy atom. The molecular weight excluding hydrogens is 234 g/mol. The first kappa shape index (κ1) is 11.0. The van der Waals surface area contributed by atoms with E-state index in [0.29, 0.717) is 17.1 Å². The number of allylic oxidation sites excluding steroid dienone is 1. The fourth-order valence-corrected chi connectivity index (χ4v) is 3.81. The van der Waals surface area contributed by atoms with Gasteiger partial charge in [0.05, 0.1) is 0 Å². The average molecular weight is 249 g/mol. The van der Waals surface area contributed by atoms with Crippen LogP contribution < -0.4 is 5.32 Å². The molecule has 90 valence electrons. The minimum atomic E-state index is -0.0505. The van der Waals surface area contributed by atoms with Gasteiger partial charge in [-0.15, -0.1) is 11.8 Å². The summed E-state index contributed by atoms with van der Waals surface area (Å²) in [6, 6.07) is 5.15. The molecule has 1 saturated heterocycles. The zero-order chi connectivity index (χ0) is 11.8. The number of rotatable bonds is 1. The molecule has 2 heterocycles. The Hall–Kier alpha value is -1.13. The van der Waals surface area contributed by atoms with E-state index in [9.17, 15) is 10.2 Å². The van der Waals surface area contributed by atoms with Crippen LogP contribution >= 0.6 is 11.8 Å². The maximum absolute atomic E-state index is 9.58. The molecule has 2 aliphatic rings. The van der Waals surface area contributed by atoms with Gasteiger partial charge in [0.15, 0.2) is 11.5 Å². The van der Waals surface area contributed by atoms with E-state index >= 15 is 0 Å². The predicted molar refractivity (Wildman–Crippen MR) is 69.4 cm³/mol. The fraction of sp³-hybridized carbons (Fsp3) is 0.385. The monoisotopic (exact) mass is 249 g/mol. The van der Waals surface area contributed by atoms with Gasteiger partial charge < -0.3 is 15.5 Å². The molecule has 2 aliphatic heterocycles. The third kappa shape index (κ3) is 1.91. The van der Waals surface area contributed by atoms with Gasteiger partial charge in [-0.05, 0) is 29.0 Å². The SMILES string of the molecule is Oc1ccc([C@H]2CNCC3SC=CC32)cc1O. The predicted octanol–water partition coefficient (Wildman–Crippen LogP) is 2.03. The van der Waals surface area contributed by atoms with Crippen LogP contribution in [0.25, 0.3) is 0 Å². The first-order valence-corrected chi connectivity index (χ1v) is 6.75. The summed E-state index contributed by atoms with van der Waals surface area (Å²) in [4.78, 5) is 0. The molecule has 0 aromatic heterocycles. The second kappa shape index (κ2) is 4.27. The van der Waals surface area contributed by atoms with E-state index in [-0.39, 0.29) is 11.5 Å². The number of thioether (sulfide) groups is 1. The van der Waals surface area contributed by atoms with Gasteiger partial charge >= 0.3 is 0 Å². The molecule has 0 radical (unpaired) electrons. The highest BCUT2D eigenvalue weighted by atomic mass is 32.2. The van der Waals surface area contributed by atoms with E-state index < -0.39 is 0 Å². The van der Waals surface area contributed by atoms with E-state index in [2.05, 4.69) is 16.8 Å². The van der Waals surface area contributed by atoms with Crippen molar-refractivity contribution in [1.29, 1.82) is 0 Å². The van der Waals surface area contributed by atoms with E-state index in [0.717, 1.165) is 18.7 Å². The standard InChI is InChI=1S/C13H15NO2S/c15-11-2-1-8(5-12(11)16)10-6-14-7-13-9(10)3-4-17-13/h1-5,9-10,13-16H,6-7H2/t9?,10-,13?/m1/s1. The molecule has 3 nitrogen and oxygen atoms in total. The van der Waals surface area contributed by atoms with Crippen LogP contribution in [0.4, 0.5) is 0 Å². The first-order valence-electron chi connectivity index (χ1n) is 5.80. The van der Waals surface area contributed by atoms with Crippen molar-refractivity contribution < 1.29 is 10.2 Å². The number of phenolic OH excluding ortho intramolecular Hbond substituents is 2. The topological polar surface area (TPSA) is 52.5 Å². The summed E-state index contributed by atoms with van der Waals surface area (Å²) in [5.41, 5.74) is 1.09. The third-order valence-electron chi connectivity index (χ3n) is 3.59. The van der Waals surface area contributed by atoms with Gasteiger partial charge in [0.2, 0.25) is 0 Å². The summed E-state index contributed by atoms with van der Waals surface area (Å²) in [6.07, 6.45) is 2.27. The Morgan fingerprint density at radius 1 is 1.18 bits per heavy atom. The molecule has 0 saturated carbocycles. The van der Waals surface area contributed by atoms with Crippen molar-refractivity contribution in [2.45, 2.75) is 11.2 Å². The van der Waals surface area contributed by atoms with E-state index in [4.69, 9.17) is 0 Å². The van der Waals surface area contributed by atoms with Gasteiger partial charge in [-0.2, -0.15) is 0 Å². The molecule has 1 aromatic rings. The van der Waals surface area contributed by atoms with Crippen LogP contribution in [0.15, 0.2) is 29.7 Å². The van der Waals surface area contributed by atoms with Crippen LogP contribution in [0.2, 0.25) is 0 Å². The van der Waals surface area contributed by atoms with Gasteiger partial charge in [0.25, 0.3) is 0 Å². The number of benzene rings is 1. The molecule has 3 atom stereocenters. The summed E-state index contributed by atoms with van der Waals surface area (Å²) < 4.78 is 0. The van der Waals surface area contributed by atoms with Gasteiger partial charge in [-0.3, -0.25) is 0 Å². The summed E-state index contributed by atoms with van der Waals surface area (Å²) in [7, 11) is 0. The van der Waals surface area contributed by atoms with Crippen molar-refractivity contribution in [3.63, 3.8) is 0 Å². The number of hydrogen-bond acceptors (Lipinski definition) is 4. The van der Waals surface area contributed by atoms with Crippen LogP contribution in [0, 0.1) is 5.92 Å². The number of phenols is 2. The van der Waals surface area contributed by atoms with Crippen LogP contribution in [0.1, 0.15) is 11.5 Å². The number of nitrogens with one attached hydrogen (secondary N) is 1. The Balaban J connectivity index is 1.91. The van der Waals surface area contributed by atoms with Crippen LogP contribution in [0.5, 0.6) is 11.5 Å². The van der Waals surface area contributed by atoms with E-state index in [1.165, 1.54) is 0 Å². The van der Waals surface area contributed by atoms with Crippen molar-refractivity contribution in [3.05, 3.63) is 35.2 Å². The second-order valence-electron chi connectivity index (χ2n) is 4.59.